The summed E-state index contributed by atoms with van der Waals surface area (Å²) < 4.78 is 48.0. The van der Waals surface area contributed by atoms with Gasteiger partial charge in [-0.05, 0) is 33.3 Å². The van der Waals surface area contributed by atoms with E-state index in [0.29, 0.717) is 5.56 Å². The molecular weight excluding hydrogens is 366 g/mol. The van der Waals surface area contributed by atoms with Crippen molar-refractivity contribution < 1.29 is 32.3 Å². The molecule has 0 aliphatic carbocycles. The first-order valence-electron chi connectivity index (χ1n) is 8.37. The summed E-state index contributed by atoms with van der Waals surface area (Å²) in [7, 11) is -8.49. The van der Waals surface area contributed by atoms with Gasteiger partial charge in [-0.1, -0.05) is 30.3 Å². The molecule has 1 N–H and O–H groups in total. The molecule has 0 fully saturated rings. The lowest BCUT2D eigenvalue weighted by atomic mass is 10.2. The van der Waals surface area contributed by atoms with Crippen molar-refractivity contribution in [1.82, 2.24) is 0 Å². The Morgan fingerprint density at radius 2 is 1.16 bits per heavy atom. The topological polar surface area (TPSA) is 91.3 Å². The Labute approximate surface area is 149 Å². The van der Waals surface area contributed by atoms with Crippen molar-refractivity contribution >= 4 is 15.2 Å². The smallest absolute Gasteiger partial charge is 0.367 e. The van der Waals surface area contributed by atoms with Gasteiger partial charge in [0.1, 0.15) is 0 Å². The first kappa shape index (κ1) is 22.5. The van der Waals surface area contributed by atoms with E-state index in [1.165, 1.54) is 0 Å². The molecule has 0 aliphatic heterocycles. The number of hydrogen-bond acceptors (Lipinski definition) is 7. The summed E-state index contributed by atoms with van der Waals surface area (Å²) in [6.07, 6.45) is -0.262. The molecule has 7 nitrogen and oxygen atoms in total. The average Bonchev–Trinajstić information content (AvgIpc) is 2.56. The van der Waals surface area contributed by atoms with Gasteiger partial charge in [-0.25, -0.2) is 0 Å². The van der Waals surface area contributed by atoms with Crippen LogP contribution in [0.25, 0.3) is 0 Å². The molecule has 1 rings (SSSR count). The molecule has 144 valence electrons. The highest BCUT2D eigenvalue weighted by Gasteiger charge is 2.64. The maximum Gasteiger partial charge on any atom is 0.374 e. The highest BCUT2D eigenvalue weighted by molar-refractivity contribution is 7.73. The van der Waals surface area contributed by atoms with E-state index in [1.807, 2.05) is 0 Å². The summed E-state index contributed by atoms with van der Waals surface area (Å²) in [5.74, 6) is 0. The molecule has 0 unspecified atom stereocenters. The molecule has 0 heterocycles. The van der Waals surface area contributed by atoms with Crippen LogP contribution < -0.4 is 0 Å². The molecule has 0 bridgehead atoms. The zero-order valence-electron chi connectivity index (χ0n) is 15.2. The van der Waals surface area contributed by atoms with E-state index >= 15 is 0 Å². The van der Waals surface area contributed by atoms with E-state index < -0.39 is 20.3 Å². The van der Waals surface area contributed by atoms with E-state index in [4.69, 9.17) is 18.1 Å². The minimum absolute atomic E-state index is 0.00657. The van der Waals surface area contributed by atoms with Crippen LogP contribution in [0.1, 0.15) is 33.3 Å². The Hall–Kier alpha value is -0.520. The van der Waals surface area contributed by atoms with Crippen molar-refractivity contribution in [2.75, 3.05) is 26.4 Å². The predicted octanol–water partition coefficient (Wildman–Crippen LogP) is 4.41. The molecule has 9 heteroatoms. The first-order chi connectivity index (χ1) is 11.8. The Balaban J connectivity index is 3.52. The van der Waals surface area contributed by atoms with Crippen LogP contribution in [0.4, 0.5) is 0 Å². The average molecular weight is 394 g/mol. The van der Waals surface area contributed by atoms with Gasteiger partial charge in [-0.2, -0.15) is 0 Å². The predicted molar refractivity (Wildman–Crippen MR) is 96.8 cm³/mol. The number of aliphatic hydroxyl groups is 1. The lowest BCUT2D eigenvalue weighted by Gasteiger charge is -2.38. The van der Waals surface area contributed by atoms with Gasteiger partial charge in [0.05, 0.1) is 26.4 Å². The van der Waals surface area contributed by atoms with E-state index in [2.05, 4.69) is 0 Å². The van der Waals surface area contributed by atoms with Crippen molar-refractivity contribution in [3.8, 4) is 0 Å². The summed E-state index contributed by atoms with van der Waals surface area (Å²) in [6.45, 7) is 6.47. The van der Waals surface area contributed by atoms with Crippen molar-refractivity contribution in [2.24, 2.45) is 0 Å². The zero-order valence-corrected chi connectivity index (χ0v) is 17.0. The van der Waals surface area contributed by atoms with E-state index in [9.17, 15) is 14.2 Å². The van der Waals surface area contributed by atoms with E-state index in [-0.39, 0.29) is 32.8 Å². The minimum Gasteiger partial charge on any atom is -0.367 e. The van der Waals surface area contributed by atoms with Gasteiger partial charge in [0.2, 0.25) is 0 Å². The molecule has 0 spiro atoms. The van der Waals surface area contributed by atoms with Crippen LogP contribution in [0.15, 0.2) is 30.3 Å². The largest absolute Gasteiger partial charge is 0.374 e. The molecule has 1 aromatic carbocycles. The second-order valence-electron chi connectivity index (χ2n) is 5.10. The molecular formula is C16H28O7P2. The Kier molecular flexibility index (Phi) is 8.99. The number of benzene rings is 1. The summed E-state index contributed by atoms with van der Waals surface area (Å²) in [5, 5.41) is 8.94. The maximum atomic E-state index is 13.4. The molecule has 0 saturated carbocycles. The Morgan fingerprint density at radius 1 is 0.800 bits per heavy atom. The third-order valence-corrected chi connectivity index (χ3v) is 9.29. The van der Waals surface area contributed by atoms with Crippen molar-refractivity contribution in [1.29, 1.82) is 0 Å². The number of rotatable bonds is 12. The van der Waals surface area contributed by atoms with Crippen LogP contribution >= 0.6 is 15.2 Å². The zero-order chi connectivity index (χ0) is 19.0. The van der Waals surface area contributed by atoms with Gasteiger partial charge >= 0.3 is 15.2 Å². The van der Waals surface area contributed by atoms with Gasteiger partial charge < -0.3 is 23.2 Å². The van der Waals surface area contributed by atoms with Crippen LogP contribution in [0.2, 0.25) is 0 Å². The fourth-order valence-corrected chi connectivity index (χ4v) is 7.36. The van der Waals surface area contributed by atoms with Gasteiger partial charge in [0.25, 0.3) is 5.08 Å². The van der Waals surface area contributed by atoms with E-state index in [0.717, 1.165) is 0 Å². The van der Waals surface area contributed by atoms with E-state index in [1.54, 1.807) is 58.0 Å². The Bertz CT molecular complexity index is 556. The summed E-state index contributed by atoms with van der Waals surface area (Å²) >= 11 is 0. The van der Waals surface area contributed by atoms with Gasteiger partial charge in [0, 0.05) is 6.42 Å². The van der Waals surface area contributed by atoms with Crippen LogP contribution in [0.3, 0.4) is 0 Å². The molecule has 0 amide bonds. The van der Waals surface area contributed by atoms with Gasteiger partial charge in [0.15, 0.2) is 0 Å². The fraction of sp³-hybridized carbons (Fsp3) is 0.625. The lowest BCUT2D eigenvalue weighted by Crippen LogP contribution is -2.35. The highest BCUT2D eigenvalue weighted by Crippen LogP contribution is 2.77. The molecule has 25 heavy (non-hydrogen) atoms. The Morgan fingerprint density at radius 3 is 1.48 bits per heavy atom. The second kappa shape index (κ2) is 9.98. The normalized spacial score (nSPS) is 13.2. The highest BCUT2D eigenvalue weighted by atomic mass is 31.2. The van der Waals surface area contributed by atoms with Crippen LogP contribution in [-0.2, 0) is 33.6 Å². The monoisotopic (exact) mass is 394 g/mol. The summed E-state index contributed by atoms with van der Waals surface area (Å²) in [5.41, 5.74) is 0.601. The van der Waals surface area contributed by atoms with Crippen LogP contribution in [0, 0.1) is 0 Å². The number of hydrogen-bond donors (Lipinski definition) is 1. The maximum absolute atomic E-state index is 13.4. The molecule has 1 aromatic rings. The van der Waals surface area contributed by atoms with Crippen molar-refractivity contribution in [3.63, 3.8) is 0 Å². The van der Waals surface area contributed by atoms with Crippen molar-refractivity contribution in [2.45, 2.75) is 39.2 Å². The minimum atomic E-state index is -4.25. The molecule has 0 saturated heterocycles. The third-order valence-electron chi connectivity index (χ3n) is 3.36. The molecule has 0 atom stereocenters. The molecule has 0 aromatic heterocycles. The standard InChI is InChI=1S/C16H28O7P2/c1-5-20-24(18,21-6-2)16(17,14-15-12-10-9-11-13-15)25(19,22-7-3)23-8-4/h9-13,17H,5-8,14H2,1-4H3. The molecule has 0 radical (unpaired) electrons. The van der Waals surface area contributed by atoms with Gasteiger partial charge in [-0.3, -0.25) is 9.13 Å². The SMILES string of the molecule is CCOP(=O)(OCC)C(O)(Cc1ccccc1)P(=O)(OCC)OCC. The second-order valence-corrected chi connectivity index (χ2v) is 9.96. The summed E-state index contributed by atoms with van der Waals surface area (Å²) in [4.78, 5) is 0. The lowest BCUT2D eigenvalue weighted by molar-refractivity contribution is 0.0828. The van der Waals surface area contributed by atoms with Crippen LogP contribution in [-0.4, -0.2) is 36.6 Å². The fourth-order valence-electron chi connectivity index (χ4n) is 2.38. The van der Waals surface area contributed by atoms with Crippen LogP contribution in [0.5, 0.6) is 0 Å². The summed E-state index contributed by atoms with van der Waals surface area (Å²) in [6, 6.07) is 8.76. The molecule has 0 aliphatic rings. The third kappa shape index (κ3) is 5.01. The quantitative estimate of drug-likeness (QED) is 0.525. The van der Waals surface area contributed by atoms with Gasteiger partial charge in [-0.15, -0.1) is 0 Å². The first-order valence-corrected chi connectivity index (χ1v) is 11.5. The van der Waals surface area contributed by atoms with Crippen molar-refractivity contribution in [3.05, 3.63) is 35.9 Å².